The van der Waals surface area contributed by atoms with Gasteiger partial charge in [-0.25, -0.2) is 8.78 Å². The van der Waals surface area contributed by atoms with E-state index in [0.717, 1.165) is 6.07 Å². The molecular formula is C14H11F2N3O2. The van der Waals surface area contributed by atoms with Crippen LogP contribution in [0.2, 0.25) is 0 Å². The van der Waals surface area contributed by atoms with Gasteiger partial charge in [0.1, 0.15) is 0 Å². The van der Waals surface area contributed by atoms with Crippen LogP contribution in [0.15, 0.2) is 47.6 Å². The van der Waals surface area contributed by atoms with Crippen molar-refractivity contribution in [1.82, 2.24) is 0 Å². The number of hydrogen-bond donors (Lipinski definition) is 3. The fourth-order valence-corrected chi connectivity index (χ4v) is 1.64. The highest BCUT2D eigenvalue weighted by Gasteiger charge is 2.12. The summed E-state index contributed by atoms with van der Waals surface area (Å²) in [6.07, 6.45) is 0. The van der Waals surface area contributed by atoms with E-state index in [1.54, 1.807) is 0 Å². The second-order valence-electron chi connectivity index (χ2n) is 4.12. The number of amides is 1. The molecule has 0 unspecified atom stereocenters. The average Bonchev–Trinajstić information content (AvgIpc) is 2.51. The van der Waals surface area contributed by atoms with E-state index >= 15 is 0 Å². The quantitative estimate of drug-likeness (QED) is 0.351. The van der Waals surface area contributed by atoms with Crippen LogP contribution in [0.25, 0.3) is 0 Å². The first-order valence-electron chi connectivity index (χ1n) is 5.86. The van der Waals surface area contributed by atoms with Gasteiger partial charge >= 0.3 is 0 Å². The third-order valence-electron chi connectivity index (χ3n) is 2.75. The fraction of sp³-hybridized carbons (Fsp3) is 0. The second kappa shape index (κ2) is 6.00. The van der Waals surface area contributed by atoms with Crippen LogP contribution >= 0.6 is 0 Å². The zero-order valence-electron chi connectivity index (χ0n) is 10.7. The molecule has 0 saturated heterocycles. The molecule has 0 aliphatic rings. The number of halogens is 2. The first-order chi connectivity index (χ1) is 10.0. The van der Waals surface area contributed by atoms with Crippen LogP contribution < -0.4 is 11.1 Å². The average molecular weight is 291 g/mol. The van der Waals surface area contributed by atoms with Gasteiger partial charge in [0.05, 0.1) is 5.69 Å². The van der Waals surface area contributed by atoms with Crippen LogP contribution in [0.3, 0.4) is 0 Å². The van der Waals surface area contributed by atoms with Crippen molar-refractivity contribution in [3.8, 4) is 0 Å². The Morgan fingerprint density at radius 1 is 1.10 bits per heavy atom. The maximum absolute atomic E-state index is 13.4. The highest BCUT2D eigenvalue weighted by atomic mass is 19.2. The van der Waals surface area contributed by atoms with E-state index in [1.807, 2.05) is 0 Å². The lowest BCUT2D eigenvalue weighted by Gasteiger charge is -2.07. The molecule has 0 fully saturated rings. The first-order valence-corrected chi connectivity index (χ1v) is 5.86. The molecule has 0 heterocycles. The Hall–Kier alpha value is -2.96. The first kappa shape index (κ1) is 14.4. The molecule has 2 rings (SSSR count). The second-order valence-corrected chi connectivity index (χ2v) is 4.12. The van der Waals surface area contributed by atoms with Crippen molar-refractivity contribution in [2.45, 2.75) is 0 Å². The highest BCUT2D eigenvalue weighted by molar-refractivity contribution is 6.05. The van der Waals surface area contributed by atoms with Crippen molar-refractivity contribution in [3.63, 3.8) is 0 Å². The number of nitrogens with one attached hydrogen (secondary N) is 1. The van der Waals surface area contributed by atoms with Crippen LogP contribution in [0.1, 0.15) is 15.9 Å². The van der Waals surface area contributed by atoms with Crippen LogP contribution in [0, 0.1) is 11.6 Å². The molecule has 7 heteroatoms. The number of benzene rings is 2. The summed E-state index contributed by atoms with van der Waals surface area (Å²) < 4.78 is 26.5. The Morgan fingerprint density at radius 2 is 1.71 bits per heavy atom. The van der Waals surface area contributed by atoms with Gasteiger partial charge in [-0.2, -0.15) is 0 Å². The number of carbonyl (C=O) groups excluding carboxylic acids is 1. The molecule has 0 aliphatic heterocycles. The van der Waals surface area contributed by atoms with Gasteiger partial charge in [0.25, 0.3) is 5.91 Å². The summed E-state index contributed by atoms with van der Waals surface area (Å²) >= 11 is 0. The zero-order chi connectivity index (χ0) is 15.4. The Bertz CT molecular complexity index is 700. The predicted octanol–water partition coefficient (Wildman–Crippen LogP) is 2.31. The lowest BCUT2D eigenvalue weighted by Crippen LogP contribution is -2.15. The van der Waals surface area contributed by atoms with Crippen molar-refractivity contribution in [2.24, 2.45) is 10.9 Å². The molecule has 0 bridgehead atoms. The molecule has 1 amide bonds. The molecule has 0 aliphatic carbocycles. The van der Waals surface area contributed by atoms with Crippen molar-refractivity contribution in [1.29, 1.82) is 0 Å². The van der Waals surface area contributed by atoms with Gasteiger partial charge in [0, 0.05) is 11.1 Å². The molecular weight excluding hydrogens is 280 g/mol. The molecule has 0 spiro atoms. The molecule has 0 radical (unpaired) electrons. The molecule has 2 aromatic rings. The lowest BCUT2D eigenvalue weighted by molar-refractivity contribution is 0.102. The molecule has 5 nitrogen and oxygen atoms in total. The highest BCUT2D eigenvalue weighted by Crippen LogP contribution is 2.17. The largest absolute Gasteiger partial charge is 0.409 e. The number of amidine groups is 1. The maximum Gasteiger partial charge on any atom is 0.255 e. The third-order valence-corrected chi connectivity index (χ3v) is 2.75. The Kier molecular flexibility index (Phi) is 4.13. The van der Waals surface area contributed by atoms with E-state index < -0.39 is 17.5 Å². The van der Waals surface area contributed by atoms with Crippen LogP contribution in [-0.2, 0) is 0 Å². The number of hydrogen-bond acceptors (Lipinski definition) is 3. The minimum absolute atomic E-state index is 0.0990. The summed E-state index contributed by atoms with van der Waals surface area (Å²) in [6, 6.07) is 9.25. The molecule has 0 aromatic heterocycles. The van der Waals surface area contributed by atoms with Crippen LogP contribution in [-0.4, -0.2) is 17.0 Å². The minimum atomic E-state index is -1.13. The van der Waals surface area contributed by atoms with E-state index in [4.69, 9.17) is 10.9 Å². The number of rotatable bonds is 3. The van der Waals surface area contributed by atoms with Gasteiger partial charge in [-0.05, 0) is 24.3 Å². The predicted molar refractivity (Wildman–Crippen MR) is 73.3 cm³/mol. The van der Waals surface area contributed by atoms with E-state index in [-0.39, 0.29) is 17.1 Å². The van der Waals surface area contributed by atoms with Crippen LogP contribution in [0.5, 0.6) is 0 Å². The normalized spacial score (nSPS) is 11.2. The maximum atomic E-state index is 13.4. The fourth-order valence-electron chi connectivity index (χ4n) is 1.64. The number of nitrogens with zero attached hydrogens (tertiary/aromatic N) is 1. The van der Waals surface area contributed by atoms with E-state index in [0.29, 0.717) is 5.56 Å². The minimum Gasteiger partial charge on any atom is -0.409 e. The van der Waals surface area contributed by atoms with Gasteiger partial charge in [-0.3, -0.25) is 4.79 Å². The Labute approximate surface area is 118 Å². The third kappa shape index (κ3) is 3.14. The Balaban J connectivity index is 2.19. The zero-order valence-corrected chi connectivity index (χ0v) is 10.7. The van der Waals surface area contributed by atoms with E-state index in [2.05, 4.69) is 10.5 Å². The number of nitrogens with two attached hydrogens (primary N) is 1. The molecule has 4 N–H and O–H groups in total. The van der Waals surface area contributed by atoms with E-state index in [1.165, 1.54) is 36.4 Å². The summed E-state index contributed by atoms with van der Waals surface area (Å²) in [5.74, 6) is -2.88. The number of oxime groups is 1. The summed E-state index contributed by atoms with van der Waals surface area (Å²) in [7, 11) is 0. The van der Waals surface area contributed by atoms with Gasteiger partial charge in [0.15, 0.2) is 17.5 Å². The lowest BCUT2D eigenvalue weighted by atomic mass is 10.1. The summed E-state index contributed by atoms with van der Waals surface area (Å²) in [5, 5.41) is 13.6. The molecule has 2 aromatic carbocycles. The van der Waals surface area contributed by atoms with Gasteiger partial charge in [-0.1, -0.05) is 23.4 Å². The summed E-state index contributed by atoms with van der Waals surface area (Å²) in [4.78, 5) is 11.9. The van der Waals surface area contributed by atoms with Gasteiger partial charge in [0.2, 0.25) is 0 Å². The van der Waals surface area contributed by atoms with E-state index in [9.17, 15) is 13.6 Å². The monoisotopic (exact) mass is 291 g/mol. The summed E-state index contributed by atoms with van der Waals surface area (Å²) in [6.45, 7) is 0. The Morgan fingerprint density at radius 3 is 2.33 bits per heavy atom. The van der Waals surface area contributed by atoms with Crippen molar-refractivity contribution in [2.75, 3.05) is 5.32 Å². The number of carbonyl (C=O) groups is 1. The van der Waals surface area contributed by atoms with Crippen molar-refractivity contribution < 1.29 is 18.8 Å². The molecule has 0 atom stereocenters. The smallest absolute Gasteiger partial charge is 0.255 e. The topological polar surface area (TPSA) is 87.7 Å². The SMILES string of the molecule is N/C(=N/O)c1ccc(C(=O)Nc2cccc(F)c2F)cc1. The standard InChI is InChI=1S/C14H11F2N3O2/c15-10-2-1-3-11(12(10)16)18-14(20)9-6-4-8(5-7-9)13(17)19-21/h1-7,21H,(H2,17,19)(H,18,20). The van der Waals surface area contributed by atoms with Gasteiger partial charge in [-0.15, -0.1) is 0 Å². The van der Waals surface area contributed by atoms with Crippen molar-refractivity contribution in [3.05, 3.63) is 65.2 Å². The molecule has 0 saturated carbocycles. The van der Waals surface area contributed by atoms with Gasteiger partial charge < -0.3 is 16.3 Å². The van der Waals surface area contributed by atoms with Crippen molar-refractivity contribution >= 4 is 17.4 Å². The molecule has 21 heavy (non-hydrogen) atoms. The molecule has 108 valence electrons. The van der Waals surface area contributed by atoms with Crippen LogP contribution in [0.4, 0.5) is 14.5 Å². The number of anilines is 1. The summed E-state index contributed by atoms with van der Waals surface area (Å²) in [5.41, 5.74) is 5.78.